The van der Waals surface area contributed by atoms with Gasteiger partial charge in [0.05, 0.1) is 29.5 Å². The molecular formula is C20H20N4O5. The number of amides is 1. The van der Waals surface area contributed by atoms with Gasteiger partial charge in [-0.05, 0) is 25.1 Å². The fourth-order valence-corrected chi connectivity index (χ4v) is 2.68. The van der Waals surface area contributed by atoms with Crippen molar-refractivity contribution in [3.05, 3.63) is 70.5 Å². The molecule has 1 heterocycles. The molecule has 150 valence electrons. The molecule has 0 saturated heterocycles. The molecule has 29 heavy (non-hydrogen) atoms. The molecule has 2 aromatic carbocycles. The summed E-state index contributed by atoms with van der Waals surface area (Å²) in [6, 6.07) is 12.9. The van der Waals surface area contributed by atoms with Gasteiger partial charge >= 0.3 is 0 Å². The van der Waals surface area contributed by atoms with E-state index < -0.39 is 4.92 Å². The van der Waals surface area contributed by atoms with Crippen molar-refractivity contribution < 1.29 is 19.2 Å². The van der Waals surface area contributed by atoms with Gasteiger partial charge in [0.25, 0.3) is 5.69 Å². The van der Waals surface area contributed by atoms with Crippen LogP contribution < -0.4 is 14.8 Å². The monoisotopic (exact) mass is 396 g/mol. The summed E-state index contributed by atoms with van der Waals surface area (Å²) in [5, 5.41) is 18.2. The number of aromatic nitrogens is 2. The Kier molecular flexibility index (Phi) is 6.08. The number of aryl methyl sites for hydroxylation is 2. The molecule has 0 bridgehead atoms. The summed E-state index contributed by atoms with van der Waals surface area (Å²) in [6.45, 7) is 2.27. The number of methoxy groups -OCH3 is 1. The molecule has 0 fully saturated rings. The Labute approximate surface area is 167 Å². The fourth-order valence-electron chi connectivity index (χ4n) is 2.68. The van der Waals surface area contributed by atoms with Gasteiger partial charge in [0, 0.05) is 31.3 Å². The van der Waals surface area contributed by atoms with Crippen molar-refractivity contribution in [2.45, 2.75) is 19.9 Å². The Hall–Kier alpha value is -3.88. The predicted octanol–water partition coefficient (Wildman–Crippen LogP) is 3.93. The lowest BCUT2D eigenvalue weighted by Crippen LogP contribution is -2.15. The molecule has 1 aromatic heterocycles. The average molecular weight is 396 g/mol. The first-order valence-electron chi connectivity index (χ1n) is 8.85. The number of nitrogens with zero attached hydrogens (tertiary/aromatic N) is 3. The standard InChI is InChI=1S/C20H20N4O5/c1-14-7-9-23(22-14)10-8-20(25)21-15-11-16(24(26)27)13-17(12-15)29-19-6-4-3-5-18(19)28-2/h3-7,9,11-13H,8,10H2,1-2H3,(H,21,25). The summed E-state index contributed by atoms with van der Waals surface area (Å²) in [6.07, 6.45) is 1.96. The first kappa shape index (κ1) is 19.9. The first-order valence-corrected chi connectivity index (χ1v) is 8.85. The third-order valence-corrected chi connectivity index (χ3v) is 4.02. The predicted molar refractivity (Wildman–Crippen MR) is 106 cm³/mol. The normalized spacial score (nSPS) is 10.4. The molecule has 9 nitrogen and oxygen atoms in total. The molecule has 0 saturated carbocycles. The number of ether oxygens (including phenoxy) is 2. The van der Waals surface area contributed by atoms with Crippen LogP contribution in [0.25, 0.3) is 0 Å². The number of carbonyl (C=O) groups is 1. The van der Waals surface area contributed by atoms with E-state index >= 15 is 0 Å². The fraction of sp³-hybridized carbons (Fsp3) is 0.200. The number of carbonyl (C=O) groups excluding carboxylic acids is 1. The van der Waals surface area contributed by atoms with E-state index in [1.165, 1.54) is 25.3 Å². The van der Waals surface area contributed by atoms with Crippen molar-refractivity contribution in [1.82, 2.24) is 9.78 Å². The van der Waals surface area contributed by atoms with Crippen LogP contribution in [0.4, 0.5) is 11.4 Å². The van der Waals surface area contributed by atoms with Gasteiger partial charge in [-0.15, -0.1) is 0 Å². The molecule has 0 aliphatic rings. The molecule has 0 aliphatic carbocycles. The number of hydrogen-bond donors (Lipinski definition) is 1. The minimum Gasteiger partial charge on any atom is -0.493 e. The van der Waals surface area contributed by atoms with Crippen LogP contribution in [0, 0.1) is 17.0 Å². The largest absolute Gasteiger partial charge is 0.493 e. The van der Waals surface area contributed by atoms with Gasteiger partial charge in [-0.1, -0.05) is 12.1 Å². The molecule has 3 aromatic rings. The number of hydrogen-bond acceptors (Lipinski definition) is 6. The second-order valence-electron chi connectivity index (χ2n) is 6.24. The lowest BCUT2D eigenvalue weighted by molar-refractivity contribution is -0.384. The van der Waals surface area contributed by atoms with E-state index in [-0.39, 0.29) is 29.5 Å². The number of nitro benzene ring substituents is 1. The summed E-state index contributed by atoms with van der Waals surface area (Å²) in [7, 11) is 1.50. The highest BCUT2D eigenvalue weighted by Crippen LogP contribution is 2.34. The summed E-state index contributed by atoms with van der Waals surface area (Å²) in [5.74, 6) is 0.810. The molecule has 1 amide bonds. The van der Waals surface area contributed by atoms with Crippen LogP contribution in [-0.2, 0) is 11.3 Å². The molecule has 0 radical (unpaired) electrons. The van der Waals surface area contributed by atoms with E-state index in [0.29, 0.717) is 18.0 Å². The number of para-hydroxylation sites is 2. The number of non-ortho nitro benzene ring substituents is 1. The van der Waals surface area contributed by atoms with Crippen LogP contribution in [-0.4, -0.2) is 27.7 Å². The molecule has 1 N–H and O–H groups in total. The van der Waals surface area contributed by atoms with E-state index in [1.54, 1.807) is 35.1 Å². The van der Waals surface area contributed by atoms with E-state index in [9.17, 15) is 14.9 Å². The van der Waals surface area contributed by atoms with Gasteiger partial charge in [0.2, 0.25) is 5.91 Å². The van der Waals surface area contributed by atoms with Crippen molar-refractivity contribution >= 4 is 17.3 Å². The van der Waals surface area contributed by atoms with Crippen LogP contribution in [0.1, 0.15) is 12.1 Å². The van der Waals surface area contributed by atoms with Gasteiger partial charge in [-0.2, -0.15) is 5.10 Å². The second-order valence-corrected chi connectivity index (χ2v) is 6.24. The second kappa shape index (κ2) is 8.87. The molecular weight excluding hydrogens is 376 g/mol. The third-order valence-electron chi connectivity index (χ3n) is 4.02. The molecule has 0 aliphatic heterocycles. The molecule has 9 heteroatoms. The summed E-state index contributed by atoms with van der Waals surface area (Å²) in [5.41, 5.74) is 0.934. The molecule has 0 spiro atoms. The van der Waals surface area contributed by atoms with Crippen molar-refractivity contribution in [2.75, 3.05) is 12.4 Å². The number of anilines is 1. The Morgan fingerprint density at radius 1 is 1.21 bits per heavy atom. The van der Waals surface area contributed by atoms with Crippen LogP contribution in [0.3, 0.4) is 0 Å². The van der Waals surface area contributed by atoms with Crippen molar-refractivity contribution in [3.8, 4) is 17.2 Å². The first-order chi connectivity index (χ1) is 13.9. The summed E-state index contributed by atoms with van der Waals surface area (Å²) < 4.78 is 12.6. The van der Waals surface area contributed by atoms with Crippen LogP contribution in [0.15, 0.2) is 54.7 Å². The maximum atomic E-state index is 12.3. The Morgan fingerprint density at radius 2 is 1.97 bits per heavy atom. The van der Waals surface area contributed by atoms with Crippen LogP contribution in [0.5, 0.6) is 17.2 Å². The Morgan fingerprint density at radius 3 is 2.62 bits per heavy atom. The maximum Gasteiger partial charge on any atom is 0.275 e. The van der Waals surface area contributed by atoms with Gasteiger partial charge in [-0.3, -0.25) is 19.6 Å². The number of nitro groups is 1. The Balaban J connectivity index is 1.75. The molecule has 0 unspecified atom stereocenters. The Bertz CT molecular complexity index is 1030. The van der Waals surface area contributed by atoms with Crippen LogP contribution >= 0.6 is 0 Å². The SMILES string of the molecule is COc1ccccc1Oc1cc(NC(=O)CCn2ccc(C)n2)cc([N+](=O)[O-])c1. The lowest BCUT2D eigenvalue weighted by Gasteiger charge is -2.12. The number of benzene rings is 2. The minimum atomic E-state index is -0.544. The van der Waals surface area contributed by atoms with E-state index in [2.05, 4.69) is 10.4 Å². The highest BCUT2D eigenvalue weighted by Gasteiger charge is 2.14. The zero-order valence-corrected chi connectivity index (χ0v) is 16.0. The number of rotatable bonds is 8. The van der Waals surface area contributed by atoms with E-state index in [0.717, 1.165) is 5.69 Å². The zero-order chi connectivity index (χ0) is 20.8. The zero-order valence-electron chi connectivity index (χ0n) is 16.0. The quantitative estimate of drug-likeness (QED) is 0.456. The van der Waals surface area contributed by atoms with Crippen molar-refractivity contribution in [3.63, 3.8) is 0 Å². The highest BCUT2D eigenvalue weighted by atomic mass is 16.6. The van der Waals surface area contributed by atoms with E-state index in [4.69, 9.17) is 9.47 Å². The number of nitrogens with one attached hydrogen (secondary N) is 1. The van der Waals surface area contributed by atoms with Crippen LogP contribution in [0.2, 0.25) is 0 Å². The summed E-state index contributed by atoms with van der Waals surface area (Å²) >= 11 is 0. The maximum absolute atomic E-state index is 12.3. The average Bonchev–Trinajstić information content (AvgIpc) is 3.12. The topological polar surface area (TPSA) is 109 Å². The van der Waals surface area contributed by atoms with Gasteiger partial charge < -0.3 is 14.8 Å². The molecule has 0 atom stereocenters. The van der Waals surface area contributed by atoms with Gasteiger partial charge in [0.1, 0.15) is 5.75 Å². The highest BCUT2D eigenvalue weighted by molar-refractivity contribution is 5.91. The van der Waals surface area contributed by atoms with Crippen molar-refractivity contribution in [2.24, 2.45) is 0 Å². The summed E-state index contributed by atoms with van der Waals surface area (Å²) in [4.78, 5) is 23.0. The third kappa shape index (κ3) is 5.32. The van der Waals surface area contributed by atoms with Gasteiger partial charge in [0.15, 0.2) is 11.5 Å². The van der Waals surface area contributed by atoms with E-state index in [1.807, 2.05) is 13.0 Å². The smallest absolute Gasteiger partial charge is 0.275 e. The molecule has 3 rings (SSSR count). The van der Waals surface area contributed by atoms with Crippen molar-refractivity contribution in [1.29, 1.82) is 0 Å². The minimum absolute atomic E-state index is 0.173. The van der Waals surface area contributed by atoms with Gasteiger partial charge in [-0.25, -0.2) is 0 Å². The lowest BCUT2D eigenvalue weighted by atomic mass is 10.2.